The monoisotopic (exact) mass is 238 g/mol. The van der Waals surface area contributed by atoms with Crippen LogP contribution < -0.4 is 5.32 Å². The summed E-state index contributed by atoms with van der Waals surface area (Å²) < 4.78 is 0. The molecule has 1 aliphatic heterocycles. The normalized spacial score (nSPS) is 30.2. The molecule has 0 spiro atoms. The predicted octanol–water partition coefficient (Wildman–Crippen LogP) is 2.89. The molecule has 17 heavy (non-hydrogen) atoms. The van der Waals surface area contributed by atoms with Crippen molar-refractivity contribution in [1.82, 2.24) is 10.2 Å². The van der Waals surface area contributed by atoms with Crippen molar-refractivity contribution in [2.45, 2.75) is 65.0 Å². The van der Waals surface area contributed by atoms with Crippen LogP contribution in [-0.4, -0.2) is 36.6 Å². The van der Waals surface area contributed by atoms with E-state index in [9.17, 15) is 0 Å². The summed E-state index contributed by atoms with van der Waals surface area (Å²) in [4.78, 5) is 2.75. The summed E-state index contributed by atoms with van der Waals surface area (Å²) in [5.74, 6) is 1.78. The fourth-order valence-corrected chi connectivity index (χ4v) is 3.17. The molecule has 2 nitrogen and oxygen atoms in total. The van der Waals surface area contributed by atoms with E-state index in [0.29, 0.717) is 0 Å². The predicted molar refractivity (Wildman–Crippen MR) is 74.2 cm³/mol. The molecule has 1 N–H and O–H groups in total. The summed E-state index contributed by atoms with van der Waals surface area (Å²) >= 11 is 0. The van der Waals surface area contributed by atoms with Gasteiger partial charge < -0.3 is 5.32 Å². The Hall–Kier alpha value is -0.0800. The van der Waals surface area contributed by atoms with Gasteiger partial charge in [0.05, 0.1) is 0 Å². The zero-order valence-electron chi connectivity index (χ0n) is 11.9. The molecule has 2 fully saturated rings. The van der Waals surface area contributed by atoms with Crippen LogP contribution in [-0.2, 0) is 0 Å². The van der Waals surface area contributed by atoms with E-state index in [1.807, 2.05) is 0 Å². The Morgan fingerprint density at radius 2 is 2.00 bits per heavy atom. The smallest absolute Gasteiger partial charge is 0.0197 e. The maximum Gasteiger partial charge on any atom is 0.0197 e. The minimum Gasteiger partial charge on any atom is -0.313 e. The van der Waals surface area contributed by atoms with Crippen LogP contribution in [0.3, 0.4) is 0 Å². The molecular formula is C15H30N2. The molecule has 2 aliphatic rings. The van der Waals surface area contributed by atoms with Crippen molar-refractivity contribution in [2.75, 3.05) is 19.6 Å². The first-order valence-corrected chi connectivity index (χ1v) is 7.66. The van der Waals surface area contributed by atoms with Gasteiger partial charge in [-0.25, -0.2) is 0 Å². The lowest BCUT2D eigenvalue weighted by Crippen LogP contribution is -2.47. The third kappa shape index (κ3) is 4.26. The highest BCUT2D eigenvalue weighted by Crippen LogP contribution is 2.29. The van der Waals surface area contributed by atoms with Crippen LogP contribution >= 0.6 is 0 Å². The van der Waals surface area contributed by atoms with Gasteiger partial charge in [0.25, 0.3) is 0 Å². The third-order valence-electron chi connectivity index (χ3n) is 4.30. The zero-order valence-corrected chi connectivity index (χ0v) is 11.9. The van der Waals surface area contributed by atoms with Crippen molar-refractivity contribution in [3.63, 3.8) is 0 Å². The van der Waals surface area contributed by atoms with Crippen molar-refractivity contribution in [3.05, 3.63) is 0 Å². The van der Waals surface area contributed by atoms with Gasteiger partial charge in [0.2, 0.25) is 0 Å². The molecule has 0 aromatic heterocycles. The first-order chi connectivity index (χ1) is 8.19. The van der Waals surface area contributed by atoms with Gasteiger partial charge in [-0.15, -0.1) is 0 Å². The third-order valence-corrected chi connectivity index (χ3v) is 4.30. The van der Waals surface area contributed by atoms with E-state index in [4.69, 9.17) is 0 Å². The van der Waals surface area contributed by atoms with E-state index < -0.39 is 0 Å². The Morgan fingerprint density at radius 3 is 2.59 bits per heavy atom. The molecule has 1 saturated carbocycles. The maximum atomic E-state index is 3.73. The van der Waals surface area contributed by atoms with Crippen molar-refractivity contribution < 1.29 is 0 Å². The molecule has 1 aliphatic carbocycles. The van der Waals surface area contributed by atoms with Gasteiger partial charge in [-0.3, -0.25) is 4.90 Å². The summed E-state index contributed by atoms with van der Waals surface area (Å²) in [6, 6.07) is 1.68. The molecule has 0 aromatic rings. The average molecular weight is 238 g/mol. The lowest BCUT2D eigenvalue weighted by molar-refractivity contribution is 0.178. The van der Waals surface area contributed by atoms with E-state index >= 15 is 0 Å². The molecule has 1 heterocycles. The summed E-state index contributed by atoms with van der Waals surface area (Å²) in [6.45, 7) is 10.9. The molecule has 2 heteroatoms. The molecule has 1 saturated heterocycles. The first kappa shape index (κ1) is 13.4. The largest absolute Gasteiger partial charge is 0.313 e. The lowest BCUT2D eigenvalue weighted by atomic mass is 9.90. The summed E-state index contributed by atoms with van der Waals surface area (Å²) in [6.07, 6.45) is 7.04. The molecule has 100 valence electrons. The molecule has 0 amide bonds. The van der Waals surface area contributed by atoms with Gasteiger partial charge in [0.15, 0.2) is 0 Å². The van der Waals surface area contributed by atoms with Crippen molar-refractivity contribution in [2.24, 2.45) is 11.8 Å². The minimum absolute atomic E-state index is 0.757. The topological polar surface area (TPSA) is 15.3 Å². The van der Waals surface area contributed by atoms with Crippen LogP contribution in [0.2, 0.25) is 0 Å². The second-order valence-corrected chi connectivity index (χ2v) is 6.53. The van der Waals surface area contributed by atoms with E-state index in [1.165, 1.54) is 51.7 Å². The van der Waals surface area contributed by atoms with Crippen LogP contribution in [0.15, 0.2) is 0 Å². The van der Waals surface area contributed by atoms with Crippen LogP contribution in [0.25, 0.3) is 0 Å². The zero-order chi connectivity index (χ0) is 12.3. The molecule has 0 radical (unpaired) electrons. The highest BCUT2D eigenvalue weighted by atomic mass is 15.2. The highest BCUT2D eigenvalue weighted by molar-refractivity contribution is 4.89. The van der Waals surface area contributed by atoms with Gasteiger partial charge in [0.1, 0.15) is 0 Å². The summed E-state index contributed by atoms with van der Waals surface area (Å²) in [5.41, 5.74) is 0. The molecule has 0 aromatic carbocycles. The van der Waals surface area contributed by atoms with Crippen molar-refractivity contribution in [1.29, 1.82) is 0 Å². The Bertz CT molecular complexity index is 223. The number of nitrogens with one attached hydrogen (secondary N) is 1. The second kappa shape index (κ2) is 6.19. The van der Waals surface area contributed by atoms with Gasteiger partial charge >= 0.3 is 0 Å². The van der Waals surface area contributed by atoms with Crippen LogP contribution in [0.1, 0.15) is 52.9 Å². The number of piperidine rings is 1. The van der Waals surface area contributed by atoms with Gasteiger partial charge in [-0.2, -0.15) is 0 Å². The van der Waals surface area contributed by atoms with Gasteiger partial charge in [-0.1, -0.05) is 27.2 Å². The molecule has 0 bridgehead atoms. The number of nitrogens with zero attached hydrogens (tertiary/aromatic N) is 1. The van der Waals surface area contributed by atoms with Crippen LogP contribution in [0.5, 0.6) is 0 Å². The van der Waals surface area contributed by atoms with Gasteiger partial charge in [-0.05, 0) is 44.1 Å². The lowest BCUT2D eigenvalue weighted by Gasteiger charge is -2.34. The summed E-state index contributed by atoms with van der Waals surface area (Å²) in [5, 5.41) is 3.73. The fourth-order valence-electron chi connectivity index (χ4n) is 3.17. The Balaban J connectivity index is 1.80. The molecule has 2 rings (SSSR count). The van der Waals surface area contributed by atoms with Crippen molar-refractivity contribution in [3.8, 4) is 0 Å². The fraction of sp³-hybridized carbons (Fsp3) is 1.00. The Kier molecular flexibility index (Phi) is 4.87. The van der Waals surface area contributed by atoms with E-state index in [2.05, 4.69) is 31.0 Å². The number of hydrogen-bond donors (Lipinski definition) is 1. The Labute approximate surface area is 107 Å². The first-order valence-electron chi connectivity index (χ1n) is 7.66. The maximum absolute atomic E-state index is 3.73. The average Bonchev–Trinajstić information content (AvgIpc) is 3.12. The molecular weight excluding hydrogens is 208 g/mol. The molecule has 2 unspecified atom stereocenters. The van der Waals surface area contributed by atoms with E-state index in [-0.39, 0.29) is 0 Å². The summed E-state index contributed by atoms with van der Waals surface area (Å²) in [7, 11) is 0. The van der Waals surface area contributed by atoms with Crippen LogP contribution in [0.4, 0.5) is 0 Å². The van der Waals surface area contributed by atoms with E-state index in [0.717, 1.165) is 23.9 Å². The van der Waals surface area contributed by atoms with Crippen LogP contribution in [0, 0.1) is 11.8 Å². The van der Waals surface area contributed by atoms with Crippen molar-refractivity contribution >= 4 is 0 Å². The SMILES string of the molecule is CCC1CCNC(CN(CC(C)C)C2CC2)C1. The number of hydrogen-bond acceptors (Lipinski definition) is 2. The quantitative estimate of drug-likeness (QED) is 0.765. The van der Waals surface area contributed by atoms with Gasteiger partial charge in [0, 0.05) is 25.2 Å². The second-order valence-electron chi connectivity index (χ2n) is 6.53. The standard InChI is InChI=1S/C15H30N2/c1-4-13-7-8-16-14(9-13)11-17(10-12(2)3)15-5-6-15/h12-16H,4-11H2,1-3H3. The Morgan fingerprint density at radius 1 is 1.24 bits per heavy atom. The minimum atomic E-state index is 0.757. The van der Waals surface area contributed by atoms with E-state index in [1.54, 1.807) is 0 Å². The molecule has 2 atom stereocenters. The highest BCUT2D eigenvalue weighted by Gasteiger charge is 2.31. The number of rotatable bonds is 6.